The van der Waals surface area contributed by atoms with Gasteiger partial charge in [-0.2, -0.15) is 0 Å². The minimum absolute atomic E-state index is 0.338. The zero-order valence-electron chi connectivity index (χ0n) is 13.9. The van der Waals surface area contributed by atoms with Crippen LogP contribution in [0, 0.1) is 0 Å². The summed E-state index contributed by atoms with van der Waals surface area (Å²) in [5.74, 6) is 1.15. The highest BCUT2D eigenvalue weighted by molar-refractivity contribution is 5.67. The van der Waals surface area contributed by atoms with E-state index in [-0.39, 0.29) is 6.09 Å². The van der Waals surface area contributed by atoms with E-state index in [4.69, 9.17) is 4.74 Å². The van der Waals surface area contributed by atoms with Gasteiger partial charge in [0.05, 0.1) is 6.04 Å². The number of hydrogen-bond acceptors (Lipinski definition) is 4. The van der Waals surface area contributed by atoms with Crippen LogP contribution in [0.2, 0.25) is 0 Å². The molecule has 0 aromatic carbocycles. The third-order valence-corrected chi connectivity index (χ3v) is 3.61. The molecule has 2 heterocycles. The molecule has 0 saturated carbocycles. The van der Waals surface area contributed by atoms with Gasteiger partial charge in [0.15, 0.2) is 0 Å². The van der Waals surface area contributed by atoms with Gasteiger partial charge in [0.25, 0.3) is 0 Å². The van der Waals surface area contributed by atoms with Gasteiger partial charge < -0.3 is 19.9 Å². The van der Waals surface area contributed by atoms with Gasteiger partial charge in [-0.15, -0.1) is 0 Å². The molecule has 6 heteroatoms. The van der Waals surface area contributed by atoms with Crippen LogP contribution in [0.15, 0.2) is 12.4 Å². The van der Waals surface area contributed by atoms with Crippen molar-refractivity contribution < 1.29 is 9.53 Å². The van der Waals surface area contributed by atoms with Crippen molar-refractivity contribution in [1.82, 2.24) is 20.2 Å². The molecule has 1 atom stereocenters. The van der Waals surface area contributed by atoms with E-state index < -0.39 is 5.60 Å². The van der Waals surface area contributed by atoms with E-state index in [0.717, 1.165) is 38.2 Å². The van der Waals surface area contributed by atoms with Crippen molar-refractivity contribution in [3.05, 3.63) is 18.2 Å². The van der Waals surface area contributed by atoms with Crippen LogP contribution in [0.3, 0.4) is 0 Å². The number of hydrogen-bond donors (Lipinski definition) is 2. The Labute approximate surface area is 132 Å². The first-order valence-corrected chi connectivity index (χ1v) is 8.17. The van der Waals surface area contributed by atoms with Gasteiger partial charge in [0.2, 0.25) is 0 Å². The molecule has 22 heavy (non-hydrogen) atoms. The maximum atomic E-state index is 11.5. The Morgan fingerprint density at radius 2 is 2.18 bits per heavy atom. The fraction of sp³-hybridized carbons (Fsp3) is 0.750. The zero-order chi connectivity index (χ0) is 16.0. The quantitative estimate of drug-likeness (QED) is 0.793. The SMILES string of the molecule is CC(C)(C)OC(=O)NCCCCNC1CCCn2ccnc21. The summed E-state index contributed by atoms with van der Waals surface area (Å²) >= 11 is 0. The van der Waals surface area contributed by atoms with Crippen LogP contribution in [0.5, 0.6) is 0 Å². The number of aryl methyl sites for hydroxylation is 1. The third kappa shape index (κ3) is 5.33. The Kier molecular flexibility index (Phi) is 5.83. The lowest BCUT2D eigenvalue weighted by Gasteiger charge is -2.24. The van der Waals surface area contributed by atoms with Crippen LogP contribution in [0.25, 0.3) is 0 Å². The van der Waals surface area contributed by atoms with Crippen LogP contribution in [0.1, 0.15) is 58.3 Å². The highest BCUT2D eigenvalue weighted by Crippen LogP contribution is 2.22. The normalized spacial score (nSPS) is 17.9. The molecule has 1 aromatic heterocycles. The summed E-state index contributed by atoms with van der Waals surface area (Å²) < 4.78 is 7.42. The molecule has 2 rings (SSSR count). The molecule has 0 saturated heterocycles. The smallest absolute Gasteiger partial charge is 0.407 e. The first-order chi connectivity index (χ1) is 10.5. The molecule has 124 valence electrons. The molecule has 1 amide bonds. The van der Waals surface area contributed by atoms with Crippen LogP contribution < -0.4 is 10.6 Å². The second kappa shape index (κ2) is 7.63. The number of rotatable bonds is 6. The minimum atomic E-state index is -0.436. The second-order valence-electron chi connectivity index (χ2n) is 6.76. The van der Waals surface area contributed by atoms with E-state index in [1.54, 1.807) is 0 Å². The summed E-state index contributed by atoms with van der Waals surface area (Å²) in [4.78, 5) is 15.9. The molecule has 0 fully saturated rings. The highest BCUT2D eigenvalue weighted by atomic mass is 16.6. The van der Waals surface area contributed by atoms with Gasteiger partial charge >= 0.3 is 6.09 Å². The van der Waals surface area contributed by atoms with E-state index >= 15 is 0 Å². The summed E-state index contributed by atoms with van der Waals surface area (Å²) in [6, 6.07) is 0.363. The maximum absolute atomic E-state index is 11.5. The molecule has 1 aliphatic heterocycles. The van der Waals surface area contributed by atoms with E-state index in [9.17, 15) is 4.79 Å². The van der Waals surface area contributed by atoms with Gasteiger partial charge in [-0.3, -0.25) is 0 Å². The van der Waals surface area contributed by atoms with E-state index in [1.807, 2.05) is 33.2 Å². The molecular formula is C16H28N4O2. The first-order valence-electron chi connectivity index (χ1n) is 8.17. The molecular weight excluding hydrogens is 280 g/mol. The fourth-order valence-corrected chi connectivity index (χ4v) is 2.64. The molecule has 1 aliphatic rings. The topological polar surface area (TPSA) is 68.2 Å². The molecule has 1 aromatic rings. The lowest BCUT2D eigenvalue weighted by molar-refractivity contribution is 0.0527. The summed E-state index contributed by atoms with van der Waals surface area (Å²) in [5.41, 5.74) is -0.436. The Morgan fingerprint density at radius 1 is 1.41 bits per heavy atom. The highest BCUT2D eigenvalue weighted by Gasteiger charge is 2.20. The van der Waals surface area contributed by atoms with Crippen molar-refractivity contribution in [2.24, 2.45) is 0 Å². The van der Waals surface area contributed by atoms with Crippen molar-refractivity contribution in [3.8, 4) is 0 Å². The summed E-state index contributed by atoms with van der Waals surface area (Å²) in [7, 11) is 0. The lowest BCUT2D eigenvalue weighted by Crippen LogP contribution is -2.33. The van der Waals surface area contributed by atoms with Crippen LogP contribution >= 0.6 is 0 Å². The number of unbranched alkanes of at least 4 members (excludes halogenated alkanes) is 1. The molecule has 0 spiro atoms. The third-order valence-electron chi connectivity index (χ3n) is 3.61. The predicted octanol–water partition coefficient (Wildman–Crippen LogP) is 2.61. The fourth-order valence-electron chi connectivity index (χ4n) is 2.64. The number of carbonyl (C=O) groups excluding carboxylic acids is 1. The van der Waals surface area contributed by atoms with Crippen molar-refractivity contribution in [2.75, 3.05) is 13.1 Å². The van der Waals surface area contributed by atoms with Crippen molar-refractivity contribution in [1.29, 1.82) is 0 Å². The summed E-state index contributed by atoms with van der Waals surface area (Å²) in [5, 5.41) is 6.35. The van der Waals surface area contributed by atoms with Crippen molar-refractivity contribution in [3.63, 3.8) is 0 Å². The number of carbonyl (C=O) groups is 1. The van der Waals surface area contributed by atoms with Crippen molar-refractivity contribution >= 4 is 6.09 Å². The maximum Gasteiger partial charge on any atom is 0.407 e. The van der Waals surface area contributed by atoms with Crippen LogP contribution in [-0.2, 0) is 11.3 Å². The van der Waals surface area contributed by atoms with Gasteiger partial charge in [0, 0.05) is 25.5 Å². The van der Waals surface area contributed by atoms with E-state index in [0.29, 0.717) is 12.6 Å². The number of fused-ring (bicyclic) bond motifs is 1. The van der Waals surface area contributed by atoms with Gasteiger partial charge in [0.1, 0.15) is 11.4 Å². The second-order valence-corrected chi connectivity index (χ2v) is 6.76. The van der Waals surface area contributed by atoms with E-state index in [1.165, 1.54) is 6.42 Å². The summed E-state index contributed by atoms with van der Waals surface area (Å²) in [6.45, 7) is 8.26. The van der Waals surface area contributed by atoms with Crippen LogP contribution in [0.4, 0.5) is 4.79 Å². The number of nitrogens with one attached hydrogen (secondary N) is 2. The first kappa shape index (κ1) is 16.8. The lowest BCUT2D eigenvalue weighted by atomic mass is 10.1. The number of aromatic nitrogens is 2. The number of imidazole rings is 1. The average molecular weight is 308 g/mol. The van der Waals surface area contributed by atoms with Crippen molar-refractivity contribution in [2.45, 2.75) is 64.6 Å². The van der Waals surface area contributed by atoms with Gasteiger partial charge in [-0.05, 0) is 53.0 Å². The Bertz CT molecular complexity index is 479. The molecule has 1 unspecified atom stereocenters. The zero-order valence-corrected chi connectivity index (χ0v) is 13.9. The molecule has 0 radical (unpaired) electrons. The van der Waals surface area contributed by atoms with E-state index in [2.05, 4.69) is 20.2 Å². The number of ether oxygens (including phenoxy) is 1. The average Bonchev–Trinajstić information content (AvgIpc) is 2.89. The Morgan fingerprint density at radius 3 is 2.95 bits per heavy atom. The van der Waals surface area contributed by atoms with Crippen LogP contribution in [-0.4, -0.2) is 34.3 Å². The molecule has 0 bridgehead atoms. The monoisotopic (exact) mass is 308 g/mol. The standard InChI is InChI=1S/C16H28N4O2/c1-16(2,3)22-15(21)19-9-5-4-8-17-13-7-6-11-20-12-10-18-14(13)20/h10,12-13,17H,4-9,11H2,1-3H3,(H,19,21). The molecule has 6 nitrogen and oxygen atoms in total. The number of alkyl carbamates (subject to hydrolysis) is 1. The molecule has 0 aliphatic carbocycles. The Hall–Kier alpha value is -1.56. The minimum Gasteiger partial charge on any atom is -0.444 e. The van der Waals surface area contributed by atoms with Gasteiger partial charge in [-0.1, -0.05) is 0 Å². The Balaban J connectivity index is 1.56. The number of amides is 1. The van der Waals surface area contributed by atoms with Gasteiger partial charge in [-0.25, -0.2) is 9.78 Å². The predicted molar refractivity (Wildman–Crippen MR) is 85.7 cm³/mol. The number of nitrogens with zero attached hydrogens (tertiary/aromatic N) is 2. The summed E-state index contributed by atoms with van der Waals surface area (Å²) in [6.07, 6.45) is 7.89. The molecule has 2 N–H and O–H groups in total. The largest absolute Gasteiger partial charge is 0.444 e.